The minimum Gasteiger partial charge on any atom is -0.384 e. The Kier molecular flexibility index (Phi) is 4.84. The van der Waals surface area contributed by atoms with Crippen molar-refractivity contribution < 1.29 is 18.0 Å². The summed E-state index contributed by atoms with van der Waals surface area (Å²) < 4.78 is 35.8. The van der Waals surface area contributed by atoms with E-state index >= 15 is 0 Å². The minimum absolute atomic E-state index is 0.0790. The molecule has 0 spiro atoms. The van der Waals surface area contributed by atoms with Crippen molar-refractivity contribution in [2.24, 2.45) is 5.73 Å². The summed E-state index contributed by atoms with van der Waals surface area (Å²) in [6.45, 7) is 0.0986. The first-order chi connectivity index (χ1) is 8.29. The average molecular weight is 281 g/mol. The molecule has 3 nitrogen and oxygen atoms in total. The lowest BCUT2D eigenvalue weighted by atomic mass is 10.1. The number of primary amides is 1. The topological polar surface area (TPSA) is 55.1 Å². The molecule has 0 bridgehead atoms. The van der Waals surface area contributed by atoms with Crippen LogP contribution >= 0.6 is 11.6 Å². The van der Waals surface area contributed by atoms with Gasteiger partial charge in [0.25, 0.3) is 5.91 Å². The van der Waals surface area contributed by atoms with E-state index in [1.165, 1.54) is 18.2 Å². The van der Waals surface area contributed by atoms with E-state index in [9.17, 15) is 18.0 Å². The van der Waals surface area contributed by atoms with Crippen LogP contribution in [-0.4, -0.2) is 18.6 Å². The van der Waals surface area contributed by atoms with E-state index in [-0.39, 0.29) is 18.5 Å². The van der Waals surface area contributed by atoms with Crippen molar-refractivity contribution in [3.63, 3.8) is 0 Å². The number of carbonyl (C=O) groups is 1. The van der Waals surface area contributed by atoms with E-state index in [2.05, 4.69) is 5.32 Å². The van der Waals surface area contributed by atoms with Crippen molar-refractivity contribution in [3.05, 3.63) is 28.8 Å². The molecule has 0 fully saturated rings. The molecular weight excluding hydrogens is 269 g/mol. The fourth-order valence-electron chi connectivity index (χ4n) is 1.39. The zero-order valence-electron chi connectivity index (χ0n) is 9.35. The molecule has 7 heteroatoms. The Balaban J connectivity index is 2.59. The summed E-state index contributed by atoms with van der Waals surface area (Å²) >= 11 is 5.70. The van der Waals surface area contributed by atoms with Crippen LogP contribution in [0, 0.1) is 0 Å². The van der Waals surface area contributed by atoms with Gasteiger partial charge in [-0.3, -0.25) is 4.79 Å². The van der Waals surface area contributed by atoms with Gasteiger partial charge < -0.3 is 11.1 Å². The molecule has 0 atom stereocenters. The van der Waals surface area contributed by atoms with Crippen molar-refractivity contribution in [2.45, 2.75) is 19.0 Å². The summed E-state index contributed by atoms with van der Waals surface area (Å²) in [5, 5.41) is 3.07. The van der Waals surface area contributed by atoms with Crippen LogP contribution in [0.15, 0.2) is 18.2 Å². The summed E-state index contributed by atoms with van der Waals surface area (Å²) in [6, 6.07) is 4.41. The third-order valence-corrected chi connectivity index (χ3v) is 2.43. The second kappa shape index (κ2) is 5.95. The highest BCUT2D eigenvalue weighted by molar-refractivity contribution is 6.31. The Hall–Kier alpha value is -1.43. The van der Waals surface area contributed by atoms with Gasteiger partial charge >= 0.3 is 6.18 Å². The molecule has 0 aliphatic heterocycles. The summed E-state index contributed by atoms with van der Waals surface area (Å²) in [5.41, 5.74) is 5.68. The number of nitrogens with one attached hydrogen (secondary N) is 1. The molecule has 0 saturated carbocycles. The van der Waals surface area contributed by atoms with Gasteiger partial charge in [0.15, 0.2) is 0 Å². The standard InChI is InChI=1S/C11H12ClF3N2O/c12-7-2-3-9(8(6-7)10(16)18)17-5-1-4-11(13,14)15/h2-3,6,17H,1,4-5H2,(H2,16,18). The van der Waals surface area contributed by atoms with E-state index in [1.54, 1.807) is 0 Å². The van der Waals surface area contributed by atoms with Gasteiger partial charge in [-0.1, -0.05) is 11.6 Å². The zero-order valence-corrected chi connectivity index (χ0v) is 10.1. The predicted molar refractivity (Wildman–Crippen MR) is 63.7 cm³/mol. The summed E-state index contributed by atoms with van der Waals surface area (Å²) in [6.07, 6.45) is -5.13. The SMILES string of the molecule is NC(=O)c1cc(Cl)ccc1NCCCC(F)(F)F. The molecule has 18 heavy (non-hydrogen) atoms. The maximum atomic E-state index is 11.9. The van der Waals surface area contributed by atoms with Gasteiger partial charge in [0.05, 0.1) is 5.56 Å². The third-order valence-electron chi connectivity index (χ3n) is 2.20. The Morgan fingerprint density at radius 3 is 2.61 bits per heavy atom. The first-order valence-electron chi connectivity index (χ1n) is 5.19. The molecule has 100 valence electrons. The Labute approximate surface area is 107 Å². The van der Waals surface area contributed by atoms with Crippen molar-refractivity contribution in [1.82, 2.24) is 0 Å². The molecule has 1 aromatic carbocycles. The fraction of sp³-hybridized carbons (Fsp3) is 0.364. The Bertz CT molecular complexity index is 435. The van der Waals surface area contributed by atoms with Crippen LogP contribution < -0.4 is 11.1 Å². The summed E-state index contributed by atoms with van der Waals surface area (Å²) in [7, 11) is 0. The van der Waals surface area contributed by atoms with Crippen molar-refractivity contribution in [1.29, 1.82) is 0 Å². The summed E-state index contributed by atoms with van der Waals surface area (Å²) in [4.78, 5) is 11.1. The normalized spacial score (nSPS) is 11.3. The predicted octanol–water partition coefficient (Wildman–Crippen LogP) is 3.19. The van der Waals surface area contributed by atoms with Gasteiger partial charge in [-0.15, -0.1) is 0 Å². The third kappa shape index (κ3) is 4.83. The monoisotopic (exact) mass is 280 g/mol. The molecule has 1 rings (SSSR count). The Morgan fingerprint density at radius 2 is 2.06 bits per heavy atom. The van der Waals surface area contributed by atoms with E-state index < -0.39 is 18.5 Å². The number of alkyl halides is 3. The van der Waals surface area contributed by atoms with Gasteiger partial charge in [0.1, 0.15) is 0 Å². The maximum Gasteiger partial charge on any atom is 0.389 e. The van der Waals surface area contributed by atoms with Crippen molar-refractivity contribution in [2.75, 3.05) is 11.9 Å². The lowest BCUT2D eigenvalue weighted by Crippen LogP contribution is -2.16. The quantitative estimate of drug-likeness (QED) is 0.814. The number of carbonyl (C=O) groups excluding carboxylic acids is 1. The number of rotatable bonds is 5. The van der Waals surface area contributed by atoms with Crippen LogP contribution in [0.2, 0.25) is 5.02 Å². The fourth-order valence-corrected chi connectivity index (χ4v) is 1.56. The van der Waals surface area contributed by atoms with E-state index in [4.69, 9.17) is 17.3 Å². The highest BCUT2D eigenvalue weighted by Gasteiger charge is 2.25. The number of amides is 1. The van der Waals surface area contributed by atoms with Gasteiger partial charge in [-0.05, 0) is 24.6 Å². The second-order valence-corrected chi connectivity index (χ2v) is 4.14. The second-order valence-electron chi connectivity index (χ2n) is 3.70. The van der Waals surface area contributed by atoms with Crippen LogP contribution in [0.25, 0.3) is 0 Å². The van der Waals surface area contributed by atoms with Gasteiger partial charge in [0, 0.05) is 23.7 Å². The molecule has 1 aromatic rings. The molecule has 0 aliphatic rings. The number of halogens is 4. The van der Waals surface area contributed by atoms with E-state index in [0.29, 0.717) is 10.7 Å². The number of anilines is 1. The highest BCUT2D eigenvalue weighted by atomic mass is 35.5. The minimum atomic E-state index is -4.17. The maximum absolute atomic E-state index is 11.9. The first-order valence-corrected chi connectivity index (χ1v) is 5.57. The van der Waals surface area contributed by atoms with Crippen LogP contribution in [0.5, 0.6) is 0 Å². The highest BCUT2D eigenvalue weighted by Crippen LogP contribution is 2.23. The average Bonchev–Trinajstić information content (AvgIpc) is 2.24. The number of hydrogen-bond donors (Lipinski definition) is 2. The molecule has 0 aromatic heterocycles. The largest absolute Gasteiger partial charge is 0.389 e. The lowest BCUT2D eigenvalue weighted by Gasteiger charge is -2.11. The van der Waals surface area contributed by atoms with Gasteiger partial charge in [-0.2, -0.15) is 13.2 Å². The number of nitrogens with two attached hydrogens (primary N) is 1. The van der Waals surface area contributed by atoms with Crippen LogP contribution in [0.1, 0.15) is 23.2 Å². The van der Waals surface area contributed by atoms with Crippen molar-refractivity contribution >= 4 is 23.2 Å². The van der Waals surface area contributed by atoms with Crippen molar-refractivity contribution in [3.8, 4) is 0 Å². The lowest BCUT2D eigenvalue weighted by molar-refractivity contribution is -0.134. The molecule has 0 saturated heterocycles. The molecule has 0 radical (unpaired) electrons. The molecule has 0 heterocycles. The summed E-state index contributed by atoms with van der Waals surface area (Å²) in [5.74, 6) is -0.684. The smallest absolute Gasteiger partial charge is 0.384 e. The molecule has 0 unspecified atom stereocenters. The molecular formula is C11H12ClF3N2O. The zero-order chi connectivity index (χ0) is 13.8. The van der Waals surface area contributed by atoms with E-state index in [0.717, 1.165) is 0 Å². The molecule has 3 N–H and O–H groups in total. The molecule has 0 aliphatic carbocycles. The first kappa shape index (κ1) is 14.6. The Morgan fingerprint density at radius 1 is 1.39 bits per heavy atom. The van der Waals surface area contributed by atoms with Crippen LogP contribution in [0.4, 0.5) is 18.9 Å². The number of benzene rings is 1. The van der Waals surface area contributed by atoms with Gasteiger partial charge in [0.2, 0.25) is 0 Å². The number of hydrogen-bond acceptors (Lipinski definition) is 2. The van der Waals surface area contributed by atoms with Crippen LogP contribution in [-0.2, 0) is 0 Å². The van der Waals surface area contributed by atoms with E-state index in [1.807, 2.05) is 0 Å². The van der Waals surface area contributed by atoms with Gasteiger partial charge in [-0.25, -0.2) is 0 Å². The van der Waals surface area contributed by atoms with Crippen LogP contribution in [0.3, 0.4) is 0 Å². The molecule has 1 amide bonds.